The van der Waals surface area contributed by atoms with E-state index in [1.807, 2.05) is 30.3 Å². The van der Waals surface area contributed by atoms with Crippen molar-refractivity contribution in [1.29, 1.82) is 0 Å². The molecule has 3 rings (SSSR count). The van der Waals surface area contributed by atoms with Crippen molar-refractivity contribution in [3.8, 4) is 0 Å². The van der Waals surface area contributed by atoms with Crippen LogP contribution in [0.25, 0.3) is 0 Å². The third kappa shape index (κ3) is 3.17. The summed E-state index contributed by atoms with van der Waals surface area (Å²) in [6, 6.07) is 9.34. The number of likely N-dealkylation sites (tertiary alicyclic amines) is 1. The van der Waals surface area contributed by atoms with Crippen LogP contribution in [0.5, 0.6) is 0 Å². The van der Waals surface area contributed by atoms with Crippen LogP contribution in [0.15, 0.2) is 30.3 Å². The first-order valence-corrected chi connectivity index (χ1v) is 7.87. The molecule has 0 unspecified atom stereocenters. The number of carboxylic acid groups (broad SMARTS) is 1. The molecule has 124 valence electrons. The number of carbonyl (C=O) groups excluding carboxylic acids is 1. The number of ether oxygens (including phenoxy) is 1. The van der Waals surface area contributed by atoms with E-state index in [9.17, 15) is 19.8 Å². The van der Waals surface area contributed by atoms with E-state index in [1.165, 1.54) is 4.90 Å². The van der Waals surface area contributed by atoms with Gasteiger partial charge in [-0.25, -0.2) is 4.79 Å². The highest BCUT2D eigenvalue weighted by atomic mass is 16.6. The summed E-state index contributed by atoms with van der Waals surface area (Å²) >= 11 is 0. The second-order valence-corrected chi connectivity index (χ2v) is 6.58. The van der Waals surface area contributed by atoms with Gasteiger partial charge in [-0.15, -0.1) is 0 Å². The van der Waals surface area contributed by atoms with Gasteiger partial charge in [-0.3, -0.25) is 4.79 Å². The minimum Gasteiger partial charge on any atom is -0.481 e. The van der Waals surface area contributed by atoms with Crippen LogP contribution in [0.2, 0.25) is 0 Å². The number of hydrogen-bond donors (Lipinski definition) is 2. The molecule has 3 atom stereocenters. The Hall–Kier alpha value is -2.08. The average molecular weight is 319 g/mol. The van der Waals surface area contributed by atoms with Gasteiger partial charge in [0, 0.05) is 19.0 Å². The minimum absolute atomic E-state index is 0.152. The lowest BCUT2D eigenvalue weighted by atomic mass is 9.65. The third-order valence-electron chi connectivity index (χ3n) is 4.98. The maximum Gasteiger partial charge on any atom is 0.410 e. The highest BCUT2D eigenvalue weighted by Gasteiger charge is 2.51. The van der Waals surface area contributed by atoms with Crippen LogP contribution in [0, 0.1) is 11.3 Å². The van der Waals surface area contributed by atoms with E-state index in [0.29, 0.717) is 25.8 Å². The lowest BCUT2D eigenvalue weighted by Gasteiger charge is -2.48. The fraction of sp³-hybridized carbons (Fsp3) is 0.529. The van der Waals surface area contributed by atoms with Crippen LogP contribution in [0.1, 0.15) is 24.8 Å². The molecule has 2 N–H and O–H groups in total. The monoisotopic (exact) mass is 319 g/mol. The van der Waals surface area contributed by atoms with Gasteiger partial charge < -0.3 is 19.8 Å². The van der Waals surface area contributed by atoms with Crippen LogP contribution in [-0.4, -0.2) is 46.4 Å². The Morgan fingerprint density at radius 2 is 2.04 bits per heavy atom. The van der Waals surface area contributed by atoms with E-state index in [4.69, 9.17) is 4.74 Å². The van der Waals surface area contributed by atoms with Crippen LogP contribution in [0.3, 0.4) is 0 Å². The number of amides is 1. The summed E-state index contributed by atoms with van der Waals surface area (Å²) in [5, 5.41) is 19.6. The van der Waals surface area contributed by atoms with E-state index >= 15 is 0 Å². The van der Waals surface area contributed by atoms with Gasteiger partial charge in [0.1, 0.15) is 6.61 Å². The van der Waals surface area contributed by atoms with Crippen molar-refractivity contribution >= 4 is 12.1 Å². The molecule has 1 aromatic carbocycles. The van der Waals surface area contributed by atoms with Gasteiger partial charge in [-0.1, -0.05) is 30.3 Å². The molecule has 1 saturated carbocycles. The standard InChI is InChI=1S/C17H21NO5/c19-14-6-7-17(15(20)21)8-13(14)9-18(11-17)16(22)23-10-12-4-2-1-3-5-12/h1-5,13-14,19H,6-11H2,(H,20,21)/t13-,14-,17-/m0/s1. The molecule has 23 heavy (non-hydrogen) atoms. The number of nitrogens with zero attached hydrogens (tertiary/aromatic N) is 1. The van der Waals surface area contributed by atoms with Crippen LogP contribution >= 0.6 is 0 Å². The zero-order valence-corrected chi connectivity index (χ0v) is 12.9. The molecule has 0 aromatic heterocycles. The van der Waals surface area contributed by atoms with Crippen molar-refractivity contribution in [3.63, 3.8) is 0 Å². The molecule has 1 saturated heterocycles. The second-order valence-electron chi connectivity index (χ2n) is 6.58. The first kappa shape index (κ1) is 15.8. The predicted octanol–water partition coefficient (Wildman–Crippen LogP) is 1.87. The van der Waals surface area contributed by atoms with Crippen LogP contribution in [-0.2, 0) is 16.1 Å². The van der Waals surface area contributed by atoms with Gasteiger partial charge in [0.05, 0.1) is 11.5 Å². The number of hydrogen-bond acceptors (Lipinski definition) is 4. The number of piperidine rings is 1. The number of carbonyl (C=O) groups is 2. The largest absolute Gasteiger partial charge is 0.481 e. The smallest absolute Gasteiger partial charge is 0.410 e. The number of aliphatic carboxylic acids is 1. The fourth-order valence-electron chi connectivity index (χ4n) is 3.65. The Morgan fingerprint density at radius 1 is 1.30 bits per heavy atom. The van der Waals surface area contributed by atoms with E-state index in [0.717, 1.165) is 5.56 Å². The molecule has 1 aliphatic carbocycles. The number of fused-ring (bicyclic) bond motifs is 2. The molecule has 1 aliphatic heterocycles. The van der Waals surface area contributed by atoms with Gasteiger partial charge in [0.2, 0.25) is 0 Å². The van der Waals surface area contributed by atoms with Crippen LogP contribution in [0.4, 0.5) is 4.79 Å². The number of rotatable bonds is 3. The van der Waals surface area contributed by atoms with E-state index < -0.39 is 23.6 Å². The van der Waals surface area contributed by atoms with Gasteiger partial charge in [-0.2, -0.15) is 0 Å². The lowest BCUT2D eigenvalue weighted by Crippen LogP contribution is -2.58. The summed E-state index contributed by atoms with van der Waals surface area (Å²) in [6.07, 6.45) is 0.226. The molecule has 0 spiro atoms. The first-order chi connectivity index (χ1) is 11.0. The highest BCUT2D eigenvalue weighted by Crippen LogP contribution is 2.44. The molecular formula is C17H21NO5. The molecule has 1 aromatic rings. The van der Waals surface area contributed by atoms with E-state index in [-0.39, 0.29) is 19.1 Å². The molecule has 0 radical (unpaired) electrons. The van der Waals surface area contributed by atoms with Crippen molar-refractivity contribution in [3.05, 3.63) is 35.9 Å². The zero-order chi connectivity index (χ0) is 16.4. The predicted molar refractivity (Wildman–Crippen MR) is 81.6 cm³/mol. The fourth-order valence-corrected chi connectivity index (χ4v) is 3.65. The normalized spacial score (nSPS) is 29.9. The van der Waals surface area contributed by atoms with Crippen molar-refractivity contribution in [2.24, 2.45) is 11.3 Å². The SMILES string of the molecule is O=C(OCc1ccccc1)N1C[C@@H]2C[C@@](C(=O)O)(CC[C@@H]2O)C1. The summed E-state index contributed by atoms with van der Waals surface area (Å²) in [5.74, 6) is -1.09. The summed E-state index contributed by atoms with van der Waals surface area (Å²) in [7, 11) is 0. The van der Waals surface area contributed by atoms with Gasteiger partial charge in [-0.05, 0) is 24.8 Å². The van der Waals surface area contributed by atoms with Crippen molar-refractivity contribution in [2.45, 2.75) is 32.0 Å². The molecule has 6 heteroatoms. The Morgan fingerprint density at radius 3 is 2.74 bits per heavy atom. The average Bonchev–Trinajstić information content (AvgIpc) is 2.57. The Labute approximate surface area is 134 Å². The molecule has 1 heterocycles. The van der Waals surface area contributed by atoms with E-state index in [1.54, 1.807) is 0 Å². The Bertz CT molecular complexity index is 590. The van der Waals surface area contributed by atoms with Gasteiger partial charge >= 0.3 is 12.1 Å². The topological polar surface area (TPSA) is 87.1 Å². The number of aliphatic hydroxyl groups is 1. The van der Waals surface area contributed by atoms with Crippen molar-refractivity contribution in [2.75, 3.05) is 13.1 Å². The Kier molecular flexibility index (Phi) is 4.26. The Balaban J connectivity index is 1.67. The van der Waals surface area contributed by atoms with Gasteiger partial charge in [0.25, 0.3) is 0 Å². The summed E-state index contributed by atoms with van der Waals surface area (Å²) in [4.78, 5) is 25.4. The number of aliphatic hydroxyl groups excluding tert-OH is 1. The number of carboxylic acids is 1. The minimum atomic E-state index is -0.950. The van der Waals surface area contributed by atoms with Crippen LogP contribution < -0.4 is 0 Å². The number of benzene rings is 1. The van der Waals surface area contributed by atoms with Crippen molar-refractivity contribution < 1.29 is 24.5 Å². The molecular weight excluding hydrogens is 298 g/mol. The first-order valence-electron chi connectivity index (χ1n) is 7.87. The molecule has 1 amide bonds. The van der Waals surface area contributed by atoms with E-state index in [2.05, 4.69) is 0 Å². The van der Waals surface area contributed by atoms with Crippen molar-refractivity contribution in [1.82, 2.24) is 4.90 Å². The molecule has 2 aliphatic rings. The maximum absolute atomic E-state index is 12.3. The quantitative estimate of drug-likeness (QED) is 0.888. The summed E-state index contributed by atoms with van der Waals surface area (Å²) in [5.41, 5.74) is -0.0699. The molecule has 2 fully saturated rings. The molecule has 6 nitrogen and oxygen atoms in total. The summed E-state index contributed by atoms with van der Waals surface area (Å²) < 4.78 is 5.31. The maximum atomic E-state index is 12.3. The third-order valence-corrected chi connectivity index (χ3v) is 4.98. The highest BCUT2D eigenvalue weighted by molar-refractivity contribution is 5.77. The summed E-state index contributed by atoms with van der Waals surface area (Å²) in [6.45, 7) is 0.659. The zero-order valence-electron chi connectivity index (χ0n) is 12.9. The lowest BCUT2D eigenvalue weighted by molar-refractivity contribution is -0.160. The molecule has 2 bridgehead atoms. The van der Waals surface area contributed by atoms with Gasteiger partial charge in [0.15, 0.2) is 0 Å². The second kappa shape index (κ2) is 6.20.